The molecule has 0 aliphatic heterocycles. The highest BCUT2D eigenvalue weighted by molar-refractivity contribution is 6.30. The van der Waals surface area contributed by atoms with E-state index < -0.39 is 40.7 Å². The third-order valence-corrected chi connectivity index (χ3v) is 3.50. The van der Waals surface area contributed by atoms with Gasteiger partial charge < -0.3 is 5.11 Å². The average molecular weight is 411 g/mol. The highest BCUT2D eigenvalue weighted by atomic mass is 35.5. The number of carbonyl (C=O) groups excluding carboxylic acids is 1. The minimum Gasteiger partial charge on any atom is -0.507 e. The predicted octanol–water partition coefficient (Wildman–Crippen LogP) is 4.85. The second-order valence-electron chi connectivity index (χ2n) is 5.16. The fourth-order valence-electron chi connectivity index (χ4n) is 1.96. The van der Waals surface area contributed by atoms with E-state index in [1.165, 1.54) is 24.3 Å². The molecule has 2 N–H and O–H groups in total. The zero-order valence-corrected chi connectivity index (χ0v) is 13.7. The van der Waals surface area contributed by atoms with Crippen LogP contribution >= 0.6 is 11.6 Å². The standard InChI is InChI=1S/C16H9ClF6N2O2/c17-11-3-1-8(2-4-11)14(27)25-24-7-9-5-10(15(18,19)20)6-12(13(9)26)16(21,22)23/h1-7,26H,(H,25,27). The molecular weight excluding hydrogens is 402 g/mol. The molecule has 0 saturated heterocycles. The molecule has 0 bridgehead atoms. The first-order valence-corrected chi connectivity index (χ1v) is 7.38. The van der Waals surface area contributed by atoms with Crippen molar-refractivity contribution in [2.24, 2.45) is 5.10 Å². The van der Waals surface area contributed by atoms with Crippen molar-refractivity contribution in [2.75, 3.05) is 0 Å². The minimum absolute atomic E-state index is 0.0980. The number of nitrogens with one attached hydrogen (secondary N) is 1. The smallest absolute Gasteiger partial charge is 0.419 e. The van der Waals surface area contributed by atoms with Gasteiger partial charge in [-0.15, -0.1) is 0 Å². The predicted molar refractivity (Wildman–Crippen MR) is 84.6 cm³/mol. The lowest BCUT2D eigenvalue weighted by molar-refractivity contribution is -0.143. The van der Waals surface area contributed by atoms with Crippen LogP contribution in [0.4, 0.5) is 26.3 Å². The number of amides is 1. The van der Waals surface area contributed by atoms with Gasteiger partial charge in [-0.25, -0.2) is 5.43 Å². The van der Waals surface area contributed by atoms with Crippen LogP contribution in [0.15, 0.2) is 41.5 Å². The van der Waals surface area contributed by atoms with Crippen molar-refractivity contribution >= 4 is 23.7 Å². The van der Waals surface area contributed by atoms with Gasteiger partial charge in [0.15, 0.2) is 0 Å². The van der Waals surface area contributed by atoms with Crippen LogP contribution in [0.2, 0.25) is 5.02 Å². The summed E-state index contributed by atoms with van der Waals surface area (Å²) in [6.07, 6.45) is -9.82. The fourth-order valence-corrected chi connectivity index (χ4v) is 2.09. The summed E-state index contributed by atoms with van der Waals surface area (Å²) in [6.45, 7) is 0. The minimum atomic E-state index is -5.22. The van der Waals surface area contributed by atoms with Gasteiger partial charge in [0.05, 0.1) is 17.3 Å². The van der Waals surface area contributed by atoms with E-state index in [-0.39, 0.29) is 17.7 Å². The lowest BCUT2D eigenvalue weighted by atomic mass is 10.0. The molecule has 0 unspecified atom stereocenters. The summed E-state index contributed by atoms with van der Waals surface area (Å²) in [5.74, 6) is -2.23. The molecule has 0 atom stereocenters. The van der Waals surface area contributed by atoms with Crippen LogP contribution in [-0.4, -0.2) is 17.2 Å². The summed E-state index contributed by atoms with van der Waals surface area (Å²) in [7, 11) is 0. The van der Waals surface area contributed by atoms with E-state index in [4.69, 9.17) is 11.6 Å². The van der Waals surface area contributed by atoms with Crippen LogP contribution in [0, 0.1) is 0 Å². The van der Waals surface area contributed by atoms with Crippen LogP contribution in [0.5, 0.6) is 5.75 Å². The van der Waals surface area contributed by atoms with E-state index in [2.05, 4.69) is 5.10 Å². The topological polar surface area (TPSA) is 61.7 Å². The number of hydrogen-bond acceptors (Lipinski definition) is 3. The number of hydrogen-bond donors (Lipinski definition) is 2. The largest absolute Gasteiger partial charge is 0.507 e. The highest BCUT2D eigenvalue weighted by Crippen LogP contribution is 2.41. The molecular formula is C16H9ClF6N2O2. The van der Waals surface area contributed by atoms with Crippen molar-refractivity contribution in [3.8, 4) is 5.75 Å². The van der Waals surface area contributed by atoms with Gasteiger partial charge in [0.2, 0.25) is 0 Å². The van der Waals surface area contributed by atoms with Gasteiger partial charge >= 0.3 is 12.4 Å². The Morgan fingerprint density at radius 3 is 2.15 bits per heavy atom. The molecule has 144 valence electrons. The number of halogens is 7. The second kappa shape index (κ2) is 7.47. The molecule has 0 aromatic heterocycles. The monoisotopic (exact) mass is 410 g/mol. The Morgan fingerprint density at radius 2 is 1.63 bits per heavy atom. The average Bonchev–Trinajstić information content (AvgIpc) is 2.54. The number of phenols is 1. The summed E-state index contributed by atoms with van der Waals surface area (Å²) in [5, 5.41) is 13.3. The summed E-state index contributed by atoms with van der Waals surface area (Å²) >= 11 is 5.65. The normalized spacial score (nSPS) is 12.4. The second-order valence-corrected chi connectivity index (χ2v) is 5.60. The van der Waals surface area contributed by atoms with Crippen molar-refractivity contribution in [1.29, 1.82) is 0 Å². The van der Waals surface area contributed by atoms with Gasteiger partial charge in [-0.2, -0.15) is 31.4 Å². The molecule has 0 radical (unpaired) electrons. The molecule has 4 nitrogen and oxygen atoms in total. The van der Waals surface area contributed by atoms with E-state index in [0.29, 0.717) is 11.2 Å². The molecule has 0 saturated carbocycles. The third-order valence-electron chi connectivity index (χ3n) is 3.25. The summed E-state index contributed by atoms with van der Waals surface area (Å²) in [5.41, 5.74) is -2.34. The van der Waals surface area contributed by atoms with Crippen molar-refractivity contribution in [3.05, 3.63) is 63.7 Å². The van der Waals surface area contributed by atoms with E-state index >= 15 is 0 Å². The molecule has 0 aliphatic carbocycles. The number of nitrogens with zero attached hydrogens (tertiary/aromatic N) is 1. The summed E-state index contributed by atoms with van der Waals surface area (Å²) in [4.78, 5) is 11.8. The number of aromatic hydroxyl groups is 1. The maximum atomic E-state index is 12.8. The molecule has 2 aromatic rings. The van der Waals surface area contributed by atoms with Gasteiger partial charge in [-0.3, -0.25) is 4.79 Å². The van der Waals surface area contributed by atoms with Crippen LogP contribution in [0.3, 0.4) is 0 Å². The number of alkyl halides is 6. The van der Waals surface area contributed by atoms with Crippen molar-refractivity contribution < 1.29 is 36.2 Å². The number of benzene rings is 2. The lowest BCUT2D eigenvalue weighted by Crippen LogP contribution is -2.17. The molecule has 27 heavy (non-hydrogen) atoms. The molecule has 0 fully saturated rings. The Balaban J connectivity index is 2.32. The van der Waals surface area contributed by atoms with Crippen molar-refractivity contribution in [1.82, 2.24) is 5.43 Å². The Bertz CT molecular complexity index is 876. The molecule has 0 spiro atoms. The van der Waals surface area contributed by atoms with Crippen LogP contribution in [0.1, 0.15) is 27.0 Å². The highest BCUT2D eigenvalue weighted by Gasteiger charge is 2.39. The Labute approximate surface area is 153 Å². The molecule has 11 heteroatoms. The van der Waals surface area contributed by atoms with Crippen LogP contribution in [0.25, 0.3) is 0 Å². The molecule has 0 aliphatic rings. The van der Waals surface area contributed by atoms with E-state index in [1.807, 2.05) is 5.43 Å². The summed E-state index contributed by atoms with van der Waals surface area (Å²) < 4.78 is 76.9. The van der Waals surface area contributed by atoms with E-state index in [1.54, 1.807) is 0 Å². The first-order chi connectivity index (χ1) is 12.4. The van der Waals surface area contributed by atoms with Gasteiger partial charge in [-0.1, -0.05) is 11.6 Å². The molecule has 0 heterocycles. The van der Waals surface area contributed by atoms with E-state index in [0.717, 1.165) is 0 Å². The zero-order valence-electron chi connectivity index (χ0n) is 13.0. The fraction of sp³-hybridized carbons (Fsp3) is 0.125. The molecule has 2 rings (SSSR count). The molecule has 1 amide bonds. The lowest BCUT2D eigenvalue weighted by Gasteiger charge is -2.15. The zero-order chi connectivity index (χ0) is 20.4. The van der Waals surface area contributed by atoms with Crippen LogP contribution < -0.4 is 5.43 Å². The SMILES string of the molecule is O=C(NN=Cc1cc(C(F)(F)F)cc(C(F)(F)F)c1O)c1ccc(Cl)cc1. The Morgan fingerprint density at radius 1 is 1.04 bits per heavy atom. The quantitative estimate of drug-likeness (QED) is 0.432. The number of rotatable bonds is 3. The maximum absolute atomic E-state index is 12.8. The molecule has 2 aromatic carbocycles. The first kappa shape index (κ1) is 20.6. The number of phenolic OH excluding ortho intramolecular Hbond substituents is 1. The van der Waals surface area contributed by atoms with Gasteiger partial charge in [0.1, 0.15) is 5.75 Å². The van der Waals surface area contributed by atoms with Gasteiger partial charge in [0, 0.05) is 16.1 Å². The third kappa shape index (κ3) is 5.13. The number of carbonyl (C=O) groups is 1. The Hall–Kier alpha value is -2.75. The first-order valence-electron chi connectivity index (χ1n) is 7.00. The number of hydrazone groups is 1. The van der Waals surface area contributed by atoms with Gasteiger partial charge in [-0.05, 0) is 36.4 Å². The van der Waals surface area contributed by atoms with Crippen molar-refractivity contribution in [2.45, 2.75) is 12.4 Å². The Kier molecular flexibility index (Phi) is 5.69. The van der Waals surface area contributed by atoms with Crippen molar-refractivity contribution in [3.63, 3.8) is 0 Å². The van der Waals surface area contributed by atoms with Crippen LogP contribution in [-0.2, 0) is 12.4 Å². The maximum Gasteiger partial charge on any atom is 0.419 e. The van der Waals surface area contributed by atoms with E-state index in [9.17, 15) is 36.2 Å². The summed E-state index contributed by atoms with van der Waals surface area (Å²) in [6, 6.07) is 5.53. The van der Waals surface area contributed by atoms with Gasteiger partial charge in [0.25, 0.3) is 5.91 Å².